The zero-order valence-electron chi connectivity index (χ0n) is 14.9. The number of ether oxygens (including phenoxy) is 2. The quantitative estimate of drug-likeness (QED) is 0.824. The first-order chi connectivity index (χ1) is 11.4. The average Bonchev–Trinajstić information content (AvgIpc) is 2.54. The molecule has 0 saturated carbocycles. The van der Waals surface area contributed by atoms with Crippen LogP contribution in [0.4, 0.5) is 5.69 Å². The van der Waals surface area contributed by atoms with Gasteiger partial charge >= 0.3 is 0 Å². The zero-order valence-corrected chi connectivity index (χ0v) is 14.9. The van der Waals surface area contributed by atoms with Crippen molar-refractivity contribution in [1.29, 1.82) is 0 Å². The first-order valence-corrected chi connectivity index (χ1v) is 8.16. The summed E-state index contributed by atoms with van der Waals surface area (Å²) in [6, 6.07) is 13.1. The minimum absolute atomic E-state index is 0.0392. The fourth-order valence-corrected chi connectivity index (χ4v) is 2.34. The number of nitrogens with one attached hydrogen (secondary N) is 1. The summed E-state index contributed by atoms with van der Waals surface area (Å²) in [5.74, 6) is 1.41. The molecule has 0 radical (unpaired) electrons. The van der Waals surface area contributed by atoms with Gasteiger partial charge in [-0.15, -0.1) is 0 Å². The molecule has 0 bridgehead atoms. The fourth-order valence-electron chi connectivity index (χ4n) is 2.34. The van der Waals surface area contributed by atoms with Gasteiger partial charge in [-0.2, -0.15) is 0 Å². The van der Waals surface area contributed by atoms with Gasteiger partial charge in [0.1, 0.15) is 0 Å². The van der Waals surface area contributed by atoms with Crippen LogP contribution in [-0.4, -0.2) is 19.1 Å². The minimum atomic E-state index is -0.176. The summed E-state index contributed by atoms with van der Waals surface area (Å²) in [7, 11) is 1.57. The predicted octanol–water partition coefficient (Wildman–Crippen LogP) is 4.86. The number of carbonyl (C=O) groups is 1. The molecule has 0 spiro atoms. The molecular formula is C20H25NO3. The van der Waals surface area contributed by atoms with Gasteiger partial charge in [-0.3, -0.25) is 4.79 Å². The van der Waals surface area contributed by atoms with Crippen LogP contribution in [0.3, 0.4) is 0 Å². The van der Waals surface area contributed by atoms with Crippen molar-refractivity contribution < 1.29 is 14.3 Å². The van der Waals surface area contributed by atoms with E-state index in [1.807, 2.05) is 32.0 Å². The highest BCUT2D eigenvalue weighted by Gasteiger charge is 2.13. The SMILES string of the molecule is COc1cc(C(=O)Nc2cccc(C(C)C)c2)ccc1OC(C)C. The van der Waals surface area contributed by atoms with Gasteiger partial charge in [-0.1, -0.05) is 26.0 Å². The third kappa shape index (κ3) is 4.51. The highest BCUT2D eigenvalue weighted by Crippen LogP contribution is 2.29. The number of amides is 1. The summed E-state index contributed by atoms with van der Waals surface area (Å²) in [5.41, 5.74) is 2.50. The van der Waals surface area contributed by atoms with Crippen LogP contribution in [-0.2, 0) is 0 Å². The molecule has 0 atom stereocenters. The van der Waals surface area contributed by atoms with Crippen molar-refractivity contribution in [3.8, 4) is 11.5 Å². The van der Waals surface area contributed by atoms with E-state index in [9.17, 15) is 4.79 Å². The molecule has 2 aromatic rings. The average molecular weight is 327 g/mol. The van der Waals surface area contributed by atoms with E-state index in [1.54, 1.807) is 25.3 Å². The summed E-state index contributed by atoms with van der Waals surface area (Å²) in [6.45, 7) is 8.14. The van der Waals surface area contributed by atoms with E-state index < -0.39 is 0 Å². The Kier molecular flexibility index (Phi) is 5.85. The van der Waals surface area contributed by atoms with Crippen LogP contribution >= 0.6 is 0 Å². The molecular weight excluding hydrogens is 302 g/mol. The van der Waals surface area contributed by atoms with E-state index in [0.717, 1.165) is 5.69 Å². The molecule has 0 saturated heterocycles. The van der Waals surface area contributed by atoms with E-state index >= 15 is 0 Å². The van der Waals surface area contributed by atoms with Crippen molar-refractivity contribution >= 4 is 11.6 Å². The van der Waals surface area contributed by atoms with E-state index in [0.29, 0.717) is 23.0 Å². The molecule has 0 unspecified atom stereocenters. The molecule has 0 aliphatic heterocycles. The van der Waals surface area contributed by atoms with Gasteiger partial charge in [-0.05, 0) is 55.7 Å². The lowest BCUT2D eigenvalue weighted by Gasteiger charge is -2.14. The molecule has 24 heavy (non-hydrogen) atoms. The van der Waals surface area contributed by atoms with Crippen molar-refractivity contribution in [2.45, 2.75) is 39.7 Å². The van der Waals surface area contributed by atoms with Crippen LogP contribution in [0.25, 0.3) is 0 Å². The van der Waals surface area contributed by atoms with Gasteiger partial charge in [0.15, 0.2) is 11.5 Å². The Morgan fingerprint density at radius 1 is 1.00 bits per heavy atom. The van der Waals surface area contributed by atoms with E-state index in [1.165, 1.54) is 5.56 Å². The lowest BCUT2D eigenvalue weighted by atomic mass is 10.0. The maximum Gasteiger partial charge on any atom is 0.255 e. The Labute approximate surface area is 143 Å². The third-order valence-corrected chi connectivity index (χ3v) is 3.60. The first-order valence-electron chi connectivity index (χ1n) is 8.16. The first kappa shape index (κ1) is 17.9. The number of hydrogen-bond donors (Lipinski definition) is 1. The van der Waals surface area contributed by atoms with Gasteiger partial charge in [0, 0.05) is 11.3 Å². The van der Waals surface area contributed by atoms with Crippen molar-refractivity contribution in [2.75, 3.05) is 12.4 Å². The second-order valence-corrected chi connectivity index (χ2v) is 6.27. The van der Waals surface area contributed by atoms with Gasteiger partial charge < -0.3 is 14.8 Å². The molecule has 2 rings (SSSR count). The number of methoxy groups -OCH3 is 1. The Bertz CT molecular complexity index is 708. The van der Waals surface area contributed by atoms with E-state index in [-0.39, 0.29) is 12.0 Å². The molecule has 0 fully saturated rings. The Morgan fingerprint density at radius 3 is 2.38 bits per heavy atom. The molecule has 4 nitrogen and oxygen atoms in total. The van der Waals surface area contributed by atoms with E-state index in [4.69, 9.17) is 9.47 Å². The number of rotatable bonds is 6. The molecule has 2 aromatic carbocycles. The van der Waals surface area contributed by atoms with Crippen molar-refractivity contribution in [2.24, 2.45) is 0 Å². The highest BCUT2D eigenvalue weighted by molar-refractivity contribution is 6.04. The van der Waals surface area contributed by atoms with Crippen molar-refractivity contribution in [1.82, 2.24) is 0 Å². The van der Waals surface area contributed by atoms with Crippen LogP contribution in [0.15, 0.2) is 42.5 Å². The van der Waals surface area contributed by atoms with Crippen LogP contribution < -0.4 is 14.8 Å². The summed E-state index contributed by atoms with van der Waals surface area (Å²) in [5, 5.41) is 2.93. The largest absolute Gasteiger partial charge is 0.493 e. The molecule has 128 valence electrons. The summed E-state index contributed by atoms with van der Waals surface area (Å²) in [6.07, 6.45) is 0.0392. The minimum Gasteiger partial charge on any atom is -0.493 e. The van der Waals surface area contributed by atoms with Gasteiger partial charge in [0.25, 0.3) is 5.91 Å². The molecule has 0 aromatic heterocycles. The number of carbonyl (C=O) groups excluding carboxylic acids is 1. The molecule has 1 amide bonds. The van der Waals surface area contributed by atoms with Crippen LogP contribution in [0.1, 0.15) is 49.5 Å². The Morgan fingerprint density at radius 2 is 1.75 bits per heavy atom. The standard InChI is InChI=1S/C20H25NO3/c1-13(2)15-7-6-8-17(11-15)21-20(22)16-9-10-18(24-14(3)4)19(12-16)23-5/h6-14H,1-5H3,(H,21,22). The van der Waals surface area contributed by atoms with Crippen molar-refractivity contribution in [3.63, 3.8) is 0 Å². The van der Waals surface area contributed by atoms with Crippen LogP contribution in [0, 0.1) is 0 Å². The van der Waals surface area contributed by atoms with Crippen molar-refractivity contribution in [3.05, 3.63) is 53.6 Å². The fraction of sp³-hybridized carbons (Fsp3) is 0.350. The molecule has 4 heteroatoms. The molecule has 0 heterocycles. The maximum atomic E-state index is 12.5. The zero-order chi connectivity index (χ0) is 17.7. The Balaban J connectivity index is 2.19. The molecule has 1 N–H and O–H groups in total. The van der Waals surface area contributed by atoms with Gasteiger partial charge in [0.2, 0.25) is 0 Å². The van der Waals surface area contributed by atoms with Gasteiger partial charge in [0.05, 0.1) is 13.2 Å². The van der Waals surface area contributed by atoms with Crippen LogP contribution in [0.2, 0.25) is 0 Å². The number of hydrogen-bond acceptors (Lipinski definition) is 3. The predicted molar refractivity (Wildman–Crippen MR) is 97.2 cm³/mol. The summed E-state index contributed by atoms with van der Waals surface area (Å²) >= 11 is 0. The van der Waals surface area contributed by atoms with E-state index in [2.05, 4.69) is 25.2 Å². The summed E-state index contributed by atoms with van der Waals surface area (Å²) < 4.78 is 11.0. The normalized spacial score (nSPS) is 10.8. The molecule has 0 aliphatic rings. The van der Waals surface area contributed by atoms with Crippen LogP contribution in [0.5, 0.6) is 11.5 Å². The second kappa shape index (κ2) is 7.86. The second-order valence-electron chi connectivity index (χ2n) is 6.27. The topological polar surface area (TPSA) is 47.6 Å². The third-order valence-electron chi connectivity index (χ3n) is 3.60. The lowest BCUT2D eigenvalue weighted by Crippen LogP contribution is -2.13. The lowest BCUT2D eigenvalue weighted by molar-refractivity contribution is 0.102. The Hall–Kier alpha value is -2.49. The molecule has 0 aliphatic carbocycles. The maximum absolute atomic E-state index is 12.5. The smallest absolute Gasteiger partial charge is 0.255 e. The van der Waals surface area contributed by atoms with Gasteiger partial charge in [-0.25, -0.2) is 0 Å². The summed E-state index contributed by atoms with van der Waals surface area (Å²) in [4.78, 5) is 12.5. The highest BCUT2D eigenvalue weighted by atomic mass is 16.5. The number of anilines is 1. The number of benzene rings is 2. The monoisotopic (exact) mass is 327 g/mol.